The van der Waals surface area contributed by atoms with Gasteiger partial charge in [-0.25, -0.2) is 0 Å². The molecule has 1 N–H and O–H groups in total. The fraction of sp³-hybridized carbons (Fsp3) is 0.471. The van der Waals surface area contributed by atoms with Crippen LogP contribution in [0.3, 0.4) is 0 Å². The van der Waals surface area contributed by atoms with E-state index in [1.165, 1.54) is 36.8 Å². The highest BCUT2D eigenvalue weighted by Crippen LogP contribution is 2.47. The predicted molar refractivity (Wildman–Crippen MR) is 78.4 cm³/mol. The molecule has 98 valence electrons. The molecule has 0 aliphatic heterocycles. The van der Waals surface area contributed by atoms with Gasteiger partial charge in [-0.1, -0.05) is 12.1 Å². The van der Waals surface area contributed by atoms with Gasteiger partial charge < -0.3 is 5.32 Å². The summed E-state index contributed by atoms with van der Waals surface area (Å²) in [5, 5.41) is 4.93. The van der Waals surface area contributed by atoms with E-state index in [1.807, 2.05) is 6.92 Å². The lowest BCUT2D eigenvalue weighted by Crippen LogP contribution is -2.19. The van der Waals surface area contributed by atoms with Gasteiger partial charge in [0.15, 0.2) is 0 Å². The first-order chi connectivity index (χ1) is 9.29. The van der Waals surface area contributed by atoms with E-state index in [1.54, 1.807) is 0 Å². The summed E-state index contributed by atoms with van der Waals surface area (Å²) in [6.07, 6.45) is 4.13. The number of nitrogens with one attached hydrogen (secondary N) is 1. The first-order valence-corrected chi connectivity index (χ1v) is 7.40. The van der Waals surface area contributed by atoms with Gasteiger partial charge in [0.25, 0.3) is 0 Å². The molecular weight excluding hydrogens is 232 g/mol. The molecule has 0 radical (unpaired) electrons. The van der Waals surface area contributed by atoms with Crippen molar-refractivity contribution >= 4 is 10.9 Å². The average Bonchev–Trinajstić information content (AvgIpc) is 3.29. The zero-order valence-corrected chi connectivity index (χ0v) is 11.4. The van der Waals surface area contributed by atoms with Crippen molar-refractivity contribution in [1.29, 1.82) is 0 Å². The molecule has 2 fully saturated rings. The van der Waals surface area contributed by atoms with Crippen molar-refractivity contribution in [3.8, 4) is 0 Å². The molecule has 1 aromatic carbocycles. The molecule has 0 spiro atoms. The first-order valence-electron chi connectivity index (χ1n) is 7.40. The molecule has 0 amide bonds. The third kappa shape index (κ3) is 2.37. The molecule has 19 heavy (non-hydrogen) atoms. The summed E-state index contributed by atoms with van der Waals surface area (Å²) in [7, 11) is 0. The molecule has 0 saturated heterocycles. The summed E-state index contributed by atoms with van der Waals surface area (Å²) in [5.41, 5.74) is 3.72. The van der Waals surface area contributed by atoms with E-state index in [4.69, 9.17) is 0 Å². The van der Waals surface area contributed by atoms with Crippen LogP contribution in [-0.2, 0) is 0 Å². The summed E-state index contributed by atoms with van der Waals surface area (Å²) in [4.78, 5) is 4.57. The van der Waals surface area contributed by atoms with E-state index in [2.05, 4.69) is 40.6 Å². The van der Waals surface area contributed by atoms with Crippen molar-refractivity contribution in [2.24, 2.45) is 5.92 Å². The van der Waals surface area contributed by atoms with Gasteiger partial charge in [-0.2, -0.15) is 0 Å². The van der Waals surface area contributed by atoms with Gasteiger partial charge >= 0.3 is 0 Å². The maximum atomic E-state index is 4.57. The lowest BCUT2D eigenvalue weighted by Gasteiger charge is -2.05. The van der Waals surface area contributed by atoms with Crippen molar-refractivity contribution in [2.75, 3.05) is 6.54 Å². The van der Waals surface area contributed by atoms with Crippen LogP contribution in [0.5, 0.6) is 0 Å². The SMILES string of the molecule is Cc1ccc2cc(C3CC3CNC3CC3)ccc2n1. The Kier molecular flexibility index (Phi) is 2.59. The summed E-state index contributed by atoms with van der Waals surface area (Å²) >= 11 is 0. The molecule has 2 aliphatic rings. The molecular formula is C17H20N2. The summed E-state index contributed by atoms with van der Waals surface area (Å²) in [6, 6.07) is 11.9. The van der Waals surface area contributed by atoms with Crippen molar-refractivity contribution in [2.45, 2.75) is 38.1 Å². The monoisotopic (exact) mass is 252 g/mol. The third-order valence-corrected chi connectivity index (χ3v) is 4.45. The predicted octanol–water partition coefficient (Wildman–Crippen LogP) is 3.40. The van der Waals surface area contributed by atoms with Crippen LogP contribution in [0.2, 0.25) is 0 Å². The van der Waals surface area contributed by atoms with E-state index in [0.29, 0.717) is 0 Å². The highest BCUT2D eigenvalue weighted by molar-refractivity contribution is 5.79. The van der Waals surface area contributed by atoms with Crippen LogP contribution < -0.4 is 5.32 Å². The fourth-order valence-electron chi connectivity index (χ4n) is 2.96. The summed E-state index contributed by atoms with van der Waals surface area (Å²) < 4.78 is 0. The van der Waals surface area contributed by atoms with E-state index in [-0.39, 0.29) is 0 Å². The van der Waals surface area contributed by atoms with Crippen molar-refractivity contribution in [3.63, 3.8) is 0 Å². The van der Waals surface area contributed by atoms with Crippen LogP contribution >= 0.6 is 0 Å². The highest BCUT2D eigenvalue weighted by atomic mass is 15.0. The quantitative estimate of drug-likeness (QED) is 0.902. The largest absolute Gasteiger partial charge is 0.314 e. The minimum atomic E-state index is 0.775. The number of pyridine rings is 1. The number of hydrogen-bond acceptors (Lipinski definition) is 2. The van der Waals surface area contributed by atoms with Crippen LogP contribution in [-0.4, -0.2) is 17.6 Å². The van der Waals surface area contributed by atoms with E-state index in [9.17, 15) is 0 Å². The van der Waals surface area contributed by atoms with Crippen LogP contribution in [0.1, 0.15) is 36.4 Å². The number of rotatable bonds is 4. The Morgan fingerprint density at radius 2 is 2.11 bits per heavy atom. The van der Waals surface area contributed by atoms with Gasteiger partial charge in [0, 0.05) is 17.1 Å². The number of aromatic nitrogens is 1. The van der Waals surface area contributed by atoms with E-state index in [0.717, 1.165) is 29.1 Å². The second-order valence-corrected chi connectivity index (χ2v) is 6.19. The van der Waals surface area contributed by atoms with Gasteiger partial charge in [-0.05, 0) is 68.3 Å². The van der Waals surface area contributed by atoms with Crippen molar-refractivity contribution in [1.82, 2.24) is 10.3 Å². The first kappa shape index (κ1) is 11.4. The lowest BCUT2D eigenvalue weighted by molar-refractivity contribution is 0.624. The zero-order valence-electron chi connectivity index (χ0n) is 11.4. The number of fused-ring (bicyclic) bond motifs is 1. The molecule has 2 atom stereocenters. The molecule has 2 nitrogen and oxygen atoms in total. The number of benzene rings is 1. The lowest BCUT2D eigenvalue weighted by atomic mass is 10.1. The van der Waals surface area contributed by atoms with Crippen LogP contribution in [0, 0.1) is 12.8 Å². The van der Waals surface area contributed by atoms with Gasteiger partial charge in [0.1, 0.15) is 0 Å². The topological polar surface area (TPSA) is 24.9 Å². The summed E-state index contributed by atoms with van der Waals surface area (Å²) in [5.74, 6) is 1.63. The molecule has 1 heterocycles. The minimum absolute atomic E-state index is 0.775. The van der Waals surface area contributed by atoms with E-state index >= 15 is 0 Å². The standard InChI is InChI=1S/C17H20N2/c1-11-2-3-13-8-12(4-7-17(13)19-11)16-9-14(16)10-18-15-5-6-15/h2-4,7-8,14-16,18H,5-6,9-10H2,1H3. The molecule has 2 aromatic rings. The average molecular weight is 252 g/mol. The highest BCUT2D eigenvalue weighted by Gasteiger charge is 2.38. The zero-order chi connectivity index (χ0) is 12.8. The van der Waals surface area contributed by atoms with Crippen molar-refractivity contribution in [3.05, 3.63) is 41.6 Å². The van der Waals surface area contributed by atoms with Gasteiger partial charge in [-0.15, -0.1) is 0 Å². The molecule has 4 rings (SSSR count). The number of aryl methyl sites for hydroxylation is 1. The van der Waals surface area contributed by atoms with Gasteiger partial charge in [0.05, 0.1) is 5.52 Å². The fourth-order valence-corrected chi connectivity index (χ4v) is 2.96. The summed E-state index contributed by atoms with van der Waals surface area (Å²) in [6.45, 7) is 3.26. The normalized spacial score (nSPS) is 25.7. The number of nitrogens with zero attached hydrogens (tertiary/aromatic N) is 1. The van der Waals surface area contributed by atoms with Crippen LogP contribution in [0.15, 0.2) is 30.3 Å². The Bertz CT molecular complexity index is 616. The third-order valence-electron chi connectivity index (χ3n) is 4.45. The number of hydrogen-bond donors (Lipinski definition) is 1. The molecule has 2 heteroatoms. The molecule has 2 saturated carbocycles. The second-order valence-electron chi connectivity index (χ2n) is 6.19. The minimum Gasteiger partial charge on any atom is -0.314 e. The Balaban J connectivity index is 1.50. The molecule has 0 bridgehead atoms. The second kappa shape index (κ2) is 4.31. The molecule has 2 aliphatic carbocycles. The maximum Gasteiger partial charge on any atom is 0.0705 e. The smallest absolute Gasteiger partial charge is 0.0705 e. The Morgan fingerprint density at radius 1 is 1.21 bits per heavy atom. The Labute approximate surface area is 114 Å². The maximum absolute atomic E-state index is 4.57. The van der Waals surface area contributed by atoms with E-state index < -0.39 is 0 Å². The van der Waals surface area contributed by atoms with Gasteiger partial charge in [0.2, 0.25) is 0 Å². The van der Waals surface area contributed by atoms with Crippen LogP contribution in [0.4, 0.5) is 0 Å². The molecule has 1 aromatic heterocycles. The Morgan fingerprint density at radius 3 is 2.95 bits per heavy atom. The Hall–Kier alpha value is -1.41. The van der Waals surface area contributed by atoms with Gasteiger partial charge in [-0.3, -0.25) is 4.98 Å². The van der Waals surface area contributed by atoms with Crippen LogP contribution in [0.25, 0.3) is 10.9 Å². The van der Waals surface area contributed by atoms with Crippen molar-refractivity contribution < 1.29 is 0 Å². The molecule has 2 unspecified atom stereocenters.